The van der Waals surface area contributed by atoms with Crippen LogP contribution in [0.5, 0.6) is 0 Å². The van der Waals surface area contributed by atoms with Gasteiger partial charge in [-0.1, -0.05) is 19.8 Å². The standard InChI is InChI=1S/C17H27N3O3/c1-12-7-3-5-9-17(12)15(22)20(16(23)18-17)11-14(21)19-10-6-4-8-13(19)2/h12-13H,3-11H2,1-2H3,(H,18,23)/t12-,13+,17-/m0/s1. The van der Waals surface area contributed by atoms with Crippen LogP contribution in [0.15, 0.2) is 0 Å². The highest BCUT2D eigenvalue weighted by Crippen LogP contribution is 2.38. The van der Waals surface area contributed by atoms with E-state index in [1.165, 1.54) is 0 Å². The zero-order chi connectivity index (χ0) is 16.6. The summed E-state index contributed by atoms with van der Waals surface area (Å²) >= 11 is 0. The van der Waals surface area contributed by atoms with Crippen LogP contribution in [-0.2, 0) is 9.59 Å². The molecule has 0 unspecified atom stereocenters. The first-order chi connectivity index (χ1) is 11.0. The smallest absolute Gasteiger partial charge is 0.325 e. The summed E-state index contributed by atoms with van der Waals surface area (Å²) < 4.78 is 0. The molecule has 0 aromatic heterocycles. The normalized spacial score (nSPS) is 34.9. The van der Waals surface area contributed by atoms with Gasteiger partial charge < -0.3 is 10.2 Å². The Kier molecular flexibility index (Phi) is 4.34. The fourth-order valence-electron chi connectivity index (χ4n) is 4.33. The van der Waals surface area contributed by atoms with Gasteiger partial charge in [0.2, 0.25) is 5.91 Å². The van der Waals surface area contributed by atoms with Gasteiger partial charge in [0.15, 0.2) is 0 Å². The second-order valence-electron chi connectivity index (χ2n) is 7.37. The van der Waals surface area contributed by atoms with E-state index in [2.05, 4.69) is 5.32 Å². The van der Waals surface area contributed by atoms with Crippen molar-refractivity contribution in [2.75, 3.05) is 13.1 Å². The number of amides is 4. The van der Waals surface area contributed by atoms with Gasteiger partial charge in [0.1, 0.15) is 12.1 Å². The van der Waals surface area contributed by atoms with Crippen LogP contribution in [0.3, 0.4) is 0 Å². The molecule has 3 fully saturated rings. The van der Waals surface area contributed by atoms with E-state index in [0.29, 0.717) is 6.42 Å². The Morgan fingerprint density at radius 3 is 2.61 bits per heavy atom. The third kappa shape index (κ3) is 2.72. The maximum atomic E-state index is 12.9. The Morgan fingerprint density at radius 1 is 1.17 bits per heavy atom. The number of hydrogen-bond donors (Lipinski definition) is 1. The van der Waals surface area contributed by atoms with Crippen LogP contribution in [0.25, 0.3) is 0 Å². The first-order valence-corrected chi connectivity index (χ1v) is 8.89. The molecule has 3 aliphatic rings. The van der Waals surface area contributed by atoms with E-state index in [1.807, 2.05) is 18.7 Å². The first kappa shape index (κ1) is 16.3. The molecule has 4 amide bonds. The van der Waals surface area contributed by atoms with Gasteiger partial charge in [-0.15, -0.1) is 0 Å². The van der Waals surface area contributed by atoms with Crippen molar-refractivity contribution in [3.8, 4) is 0 Å². The number of nitrogens with zero attached hydrogens (tertiary/aromatic N) is 2. The molecule has 0 aromatic rings. The molecule has 2 saturated heterocycles. The van der Waals surface area contributed by atoms with Gasteiger partial charge in [-0.05, 0) is 44.9 Å². The Bertz CT molecular complexity index is 521. The van der Waals surface area contributed by atoms with Crippen LogP contribution in [0.4, 0.5) is 4.79 Å². The molecule has 128 valence electrons. The van der Waals surface area contributed by atoms with Crippen LogP contribution in [0.1, 0.15) is 58.8 Å². The van der Waals surface area contributed by atoms with Crippen LogP contribution in [0.2, 0.25) is 0 Å². The highest BCUT2D eigenvalue weighted by Gasteiger charge is 2.55. The summed E-state index contributed by atoms with van der Waals surface area (Å²) in [6, 6.07) is -0.207. The summed E-state index contributed by atoms with van der Waals surface area (Å²) in [4.78, 5) is 40.7. The molecule has 2 aliphatic heterocycles. The van der Waals surface area contributed by atoms with E-state index < -0.39 is 11.6 Å². The number of carbonyl (C=O) groups excluding carboxylic acids is 3. The minimum Gasteiger partial charge on any atom is -0.338 e. The van der Waals surface area contributed by atoms with Gasteiger partial charge in [0.05, 0.1) is 0 Å². The average molecular weight is 321 g/mol. The predicted octanol–water partition coefficient (Wildman–Crippen LogP) is 1.89. The summed E-state index contributed by atoms with van der Waals surface area (Å²) in [7, 11) is 0. The lowest BCUT2D eigenvalue weighted by atomic mass is 9.73. The Morgan fingerprint density at radius 2 is 1.91 bits per heavy atom. The largest absolute Gasteiger partial charge is 0.338 e. The number of piperidine rings is 1. The van der Waals surface area contributed by atoms with Crippen molar-refractivity contribution in [3.63, 3.8) is 0 Å². The molecular formula is C17H27N3O3. The van der Waals surface area contributed by atoms with Crippen molar-refractivity contribution in [1.82, 2.24) is 15.1 Å². The third-order valence-corrected chi connectivity index (χ3v) is 5.92. The fraction of sp³-hybridized carbons (Fsp3) is 0.824. The van der Waals surface area contributed by atoms with E-state index in [-0.39, 0.29) is 30.3 Å². The molecule has 6 nitrogen and oxygen atoms in total. The summed E-state index contributed by atoms with van der Waals surface area (Å²) in [5.74, 6) is -0.185. The molecular weight excluding hydrogens is 294 g/mol. The summed E-state index contributed by atoms with van der Waals surface area (Å²) in [5.41, 5.74) is -0.775. The van der Waals surface area contributed by atoms with E-state index in [0.717, 1.165) is 50.0 Å². The molecule has 0 aromatic carbocycles. The molecule has 3 rings (SSSR count). The molecule has 1 saturated carbocycles. The van der Waals surface area contributed by atoms with Crippen LogP contribution < -0.4 is 5.32 Å². The van der Waals surface area contributed by atoms with Gasteiger partial charge in [0, 0.05) is 12.6 Å². The minimum atomic E-state index is -0.775. The number of rotatable bonds is 2. The first-order valence-electron chi connectivity index (χ1n) is 8.89. The van der Waals surface area contributed by atoms with Crippen molar-refractivity contribution in [1.29, 1.82) is 0 Å². The van der Waals surface area contributed by atoms with Crippen molar-refractivity contribution in [3.05, 3.63) is 0 Å². The molecule has 1 N–H and O–H groups in total. The fourth-order valence-corrected chi connectivity index (χ4v) is 4.33. The lowest BCUT2D eigenvalue weighted by Gasteiger charge is -2.37. The number of imide groups is 1. The highest BCUT2D eigenvalue weighted by molar-refractivity contribution is 6.09. The van der Waals surface area contributed by atoms with Crippen molar-refractivity contribution in [2.45, 2.75) is 70.4 Å². The zero-order valence-corrected chi connectivity index (χ0v) is 14.1. The topological polar surface area (TPSA) is 69.7 Å². The van der Waals surface area contributed by atoms with Crippen LogP contribution >= 0.6 is 0 Å². The zero-order valence-electron chi connectivity index (χ0n) is 14.1. The van der Waals surface area contributed by atoms with E-state index in [1.54, 1.807) is 0 Å². The highest BCUT2D eigenvalue weighted by atomic mass is 16.2. The van der Waals surface area contributed by atoms with Gasteiger partial charge in [-0.25, -0.2) is 4.79 Å². The van der Waals surface area contributed by atoms with E-state index >= 15 is 0 Å². The van der Waals surface area contributed by atoms with Crippen molar-refractivity contribution < 1.29 is 14.4 Å². The van der Waals surface area contributed by atoms with E-state index in [9.17, 15) is 14.4 Å². The van der Waals surface area contributed by atoms with E-state index in [4.69, 9.17) is 0 Å². The number of hydrogen-bond acceptors (Lipinski definition) is 3. The second kappa shape index (κ2) is 6.13. The van der Waals surface area contributed by atoms with Crippen LogP contribution in [0, 0.1) is 5.92 Å². The molecule has 0 radical (unpaired) electrons. The predicted molar refractivity (Wildman–Crippen MR) is 85.6 cm³/mol. The maximum absolute atomic E-state index is 12.9. The number of urea groups is 1. The minimum absolute atomic E-state index is 0.110. The maximum Gasteiger partial charge on any atom is 0.325 e. The number of nitrogens with one attached hydrogen (secondary N) is 1. The SMILES string of the molecule is C[C@@H]1CCCCN1C(=O)CN1C(=O)N[C@]2(CCCC[C@@H]2C)C1=O. The number of likely N-dealkylation sites (tertiary alicyclic amines) is 1. The van der Waals surface area contributed by atoms with Crippen molar-refractivity contribution in [2.24, 2.45) is 5.92 Å². The Hall–Kier alpha value is -1.59. The summed E-state index contributed by atoms with van der Waals surface area (Å²) in [6.07, 6.45) is 6.79. The molecule has 6 heteroatoms. The lowest BCUT2D eigenvalue weighted by molar-refractivity contribution is -0.142. The molecule has 23 heavy (non-hydrogen) atoms. The summed E-state index contributed by atoms with van der Waals surface area (Å²) in [5, 5.41) is 2.91. The van der Waals surface area contributed by atoms with Gasteiger partial charge in [0.25, 0.3) is 5.91 Å². The Labute approximate surface area is 137 Å². The van der Waals surface area contributed by atoms with Crippen molar-refractivity contribution >= 4 is 17.8 Å². The third-order valence-electron chi connectivity index (χ3n) is 5.92. The lowest BCUT2D eigenvalue weighted by Crippen LogP contribution is -2.54. The van der Waals surface area contributed by atoms with Gasteiger partial charge in [-0.3, -0.25) is 14.5 Å². The second-order valence-corrected chi connectivity index (χ2v) is 7.37. The molecule has 2 heterocycles. The molecule has 1 spiro atoms. The van der Waals surface area contributed by atoms with Crippen LogP contribution in [-0.4, -0.2) is 52.3 Å². The summed E-state index contributed by atoms with van der Waals surface area (Å²) in [6.45, 7) is 4.66. The molecule has 1 aliphatic carbocycles. The molecule has 0 bridgehead atoms. The monoisotopic (exact) mass is 321 g/mol. The van der Waals surface area contributed by atoms with Gasteiger partial charge in [-0.2, -0.15) is 0 Å². The van der Waals surface area contributed by atoms with Gasteiger partial charge >= 0.3 is 6.03 Å². The molecule has 3 atom stereocenters. The Balaban J connectivity index is 1.72. The average Bonchev–Trinajstić information content (AvgIpc) is 2.76. The number of carbonyl (C=O) groups is 3. The quantitative estimate of drug-likeness (QED) is 0.790.